The Bertz CT molecular complexity index is 599. The van der Waals surface area contributed by atoms with Crippen molar-refractivity contribution in [3.05, 3.63) is 52.0 Å². The zero-order chi connectivity index (χ0) is 14.0. The van der Waals surface area contributed by atoms with Crippen molar-refractivity contribution < 1.29 is 9.50 Å². The molecule has 0 bridgehead atoms. The van der Waals surface area contributed by atoms with Gasteiger partial charge in [-0.15, -0.1) is 0 Å². The van der Waals surface area contributed by atoms with E-state index >= 15 is 0 Å². The molecule has 1 aromatic carbocycles. The van der Waals surface area contributed by atoms with E-state index in [0.29, 0.717) is 5.92 Å². The van der Waals surface area contributed by atoms with Crippen LogP contribution in [-0.2, 0) is 6.61 Å². The molecule has 0 aliphatic carbocycles. The maximum Gasteiger partial charge on any atom is 0.213 e. The maximum absolute atomic E-state index is 13.3. The number of hydrogen-bond donors (Lipinski definition) is 1. The van der Waals surface area contributed by atoms with Gasteiger partial charge in [-0.2, -0.15) is 4.39 Å². The van der Waals surface area contributed by atoms with Crippen LogP contribution in [0.15, 0.2) is 34.9 Å². The van der Waals surface area contributed by atoms with E-state index in [1.54, 1.807) is 6.07 Å². The predicted octanol–water partition coefficient (Wildman–Crippen LogP) is 4.27. The van der Waals surface area contributed by atoms with Crippen LogP contribution in [0.25, 0.3) is 11.1 Å². The molecule has 0 saturated heterocycles. The van der Waals surface area contributed by atoms with Crippen molar-refractivity contribution in [3.63, 3.8) is 0 Å². The predicted molar refractivity (Wildman–Crippen MR) is 77.3 cm³/mol. The molecule has 0 unspecified atom stereocenters. The van der Waals surface area contributed by atoms with Crippen molar-refractivity contribution in [2.24, 2.45) is 0 Å². The summed E-state index contributed by atoms with van der Waals surface area (Å²) >= 11 is 3.58. The average Bonchev–Trinajstić information content (AvgIpc) is 2.38. The van der Waals surface area contributed by atoms with Crippen molar-refractivity contribution >= 4 is 15.9 Å². The third-order valence-electron chi connectivity index (χ3n) is 3.00. The number of aliphatic hydroxyl groups excluding tert-OH is 1. The monoisotopic (exact) mass is 323 g/mol. The van der Waals surface area contributed by atoms with Crippen LogP contribution in [0.5, 0.6) is 0 Å². The molecule has 0 amide bonds. The lowest BCUT2D eigenvalue weighted by Gasteiger charge is -2.15. The first-order chi connectivity index (χ1) is 9.02. The van der Waals surface area contributed by atoms with Crippen LogP contribution in [0.2, 0.25) is 0 Å². The van der Waals surface area contributed by atoms with Gasteiger partial charge in [0.05, 0.1) is 6.61 Å². The highest BCUT2D eigenvalue weighted by Crippen LogP contribution is 2.36. The second kappa shape index (κ2) is 5.80. The SMILES string of the molecule is CC(C)c1cc(CO)cc(-c2ccnc(F)c2)c1Br. The Morgan fingerprint density at radius 3 is 2.63 bits per heavy atom. The van der Waals surface area contributed by atoms with Crippen molar-refractivity contribution in [2.45, 2.75) is 26.4 Å². The second-order valence-corrected chi connectivity index (χ2v) is 5.52. The second-order valence-electron chi connectivity index (χ2n) is 4.73. The van der Waals surface area contributed by atoms with Crippen molar-refractivity contribution in [2.75, 3.05) is 0 Å². The van der Waals surface area contributed by atoms with Gasteiger partial charge in [0.1, 0.15) is 0 Å². The molecule has 0 saturated carbocycles. The number of benzene rings is 1. The van der Waals surface area contributed by atoms with E-state index in [1.807, 2.05) is 12.1 Å². The van der Waals surface area contributed by atoms with Crippen LogP contribution in [0.4, 0.5) is 4.39 Å². The van der Waals surface area contributed by atoms with Gasteiger partial charge < -0.3 is 5.11 Å². The highest BCUT2D eigenvalue weighted by molar-refractivity contribution is 9.10. The standard InChI is InChI=1S/C15H15BrFNO/c1-9(2)12-5-10(8-19)6-13(15(12)16)11-3-4-18-14(17)7-11/h3-7,9,19H,8H2,1-2H3. The minimum Gasteiger partial charge on any atom is -0.392 e. The summed E-state index contributed by atoms with van der Waals surface area (Å²) in [6, 6.07) is 6.99. The lowest BCUT2D eigenvalue weighted by Crippen LogP contribution is -1.96. The number of aliphatic hydroxyl groups is 1. The zero-order valence-corrected chi connectivity index (χ0v) is 12.4. The first-order valence-electron chi connectivity index (χ1n) is 6.08. The molecule has 0 aliphatic heterocycles. The topological polar surface area (TPSA) is 33.1 Å². The molecule has 100 valence electrons. The smallest absolute Gasteiger partial charge is 0.213 e. The molecule has 2 nitrogen and oxygen atoms in total. The van der Waals surface area contributed by atoms with Gasteiger partial charge in [-0.05, 0) is 56.2 Å². The third kappa shape index (κ3) is 3.01. The summed E-state index contributed by atoms with van der Waals surface area (Å²) < 4.78 is 14.2. The van der Waals surface area contributed by atoms with Gasteiger partial charge in [0.2, 0.25) is 5.95 Å². The molecule has 0 atom stereocenters. The first-order valence-corrected chi connectivity index (χ1v) is 6.87. The Balaban J connectivity index is 2.65. The summed E-state index contributed by atoms with van der Waals surface area (Å²) in [5.74, 6) is -0.198. The van der Waals surface area contributed by atoms with Crippen LogP contribution >= 0.6 is 15.9 Å². The average molecular weight is 324 g/mol. The van der Waals surface area contributed by atoms with Gasteiger partial charge in [0.25, 0.3) is 0 Å². The molecule has 4 heteroatoms. The number of rotatable bonds is 3. The Morgan fingerprint density at radius 1 is 1.32 bits per heavy atom. The van der Waals surface area contributed by atoms with Gasteiger partial charge in [-0.3, -0.25) is 0 Å². The Hall–Kier alpha value is -1.26. The van der Waals surface area contributed by atoms with E-state index < -0.39 is 5.95 Å². The number of aromatic nitrogens is 1. The number of halogens is 2. The van der Waals surface area contributed by atoms with E-state index in [-0.39, 0.29) is 6.61 Å². The molecular weight excluding hydrogens is 309 g/mol. The van der Waals surface area contributed by atoms with Gasteiger partial charge in [0, 0.05) is 16.7 Å². The van der Waals surface area contributed by atoms with Crippen LogP contribution in [0, 0.1) is 5.95 Å². The van der Waals surface area contributed by atoms with Crippen molar-refractivity contribution in [1.82, 2.24) is 4.98 Å². The van der Waals surface area contributed by atoms with Gasteiger partial charge in [-0.1, -0.05) is 19.9 Å². The van der Waals surface area contributed by atoms with Crippen LogP contribution in [-0.4, -0.2) is 10.1 Å². The molecule has 19 heavy (non-hydrogen) atoms. The summed E-state index contributed by atoms with van der Waals surface area (Å²) in [7, 11) is 0. The maximum atomic E-state index is 13.3. The molecule has 0 spiro atoms. The lowest BCUT2D eigenvalue weighted by atomic mass is 9.95. The normalized spacial score (nSPS) is 11.1. The molecule has 2 rings (SSSR count). The van der Waals surface area contributed by atoms with Crippen molar-refractivity contribution in [3.8, 4) is 11.1 Å². The molecule has 0 fully saturated rings. The number of pyridine rings is 1. The summed E-state index contributed by atoms with van der Waals surface area (Å²) in [6.07, 6.45) is 1.44. The van der Waals surface area contributed by atoms with Crippen LogP contribution in [0.1, 0.15) is 30.9 Å². The fraction of sp³-hybridized carbons (Fsp3) is 0.267. The molecule has 2 aromatic rings. The molecular formula is C15H15BrFNO. The summed E-state index contributed by atoms with van der Waals surface area (Å²) in [6.45, 7) is 4.13. The molecule has 1 aromatic heterocycles. The van der Waals surface area contributed by atoms with E-state index in [4.69, 9.17) is 0 Å². The lowest BCUT2D eigenvalue weighted by molar-refractivity contribution is 0.281. The highest BCUT2D eigenvalue weighted by atomic mass is 79.9. The largest absolute Gasteiger partial charge is 0.392 e. The Morgan fingerprint density at radius 2 is 2.05 bits per heavy atom. The van der Waals surface area contributed by atoms with Crippen LogP contribution < -0.4 is 0 Å². The molecule has 1 heterocycles. The summed E-state index contributed by atoms with van der Waals surface area (Å²) in [4.78, 5) is 3.56. The summed E-state index contributed by atoms with van der Waals surface area (Å²) in [5.41, 5.74) is 3.53. The summed E-state index contributed by atoms with van der Waals surface area (Å²) in [5, 5.41) is 9.36. The van der Waals surface area contributed by atoms with Gasteiger partial charge in [-0.25, -0.2) is 4.98 Å². The van der Waals surface area contributed by atoms with E-state index in [1.165, 1.54) is 12.3 Å². The minimum atomic E-state index is -0.509. The first kappa shape index (κ1) is 14.2. The quantitative estimate of drug-likeness (QED) is 0.856. The Kier molecular flexibility index (Phi) is 4.32. The number of hydrogen-bond acceptors (Lipinski definition) is 2. The zero-order valence-electron chi connectivity index (χ0n) is 10.8. The molecule has 0 radical (unpaired) electrons. The van der Waals surface area contributed by atoms with E-state index in [9.17, 15) is 9.50 Å². The fourth-order valence-corrected chi connectivity index (χ4v) is 2.92. The van der Waals surface area contributed by atoms with E-state index in [0.717, 1.165) is 26.7 Å². The van der Waals surface area contributed by atoms with Crippen molar-refractivity contribution in [1.29, 1.82) is 0 Å². The van der Waals surface area contributed by atoms with Gasteiger partial charge in [0.15, 0.2) is 0 Å². The third-order valence-corrected chi connectivity index (χ3v) is 3.89. The van der Waals surface area contributed by atoms with E-state index in [2.05, 4.69) is 34.8 Å². The molecule has 0 aliphatic rings. The van der Waals surface area contributed by atoms with Gasteiger partial charge >= 0.3 is 0 Å². The Labute approximate surface area is 120 Å². The molecule has 1 N–H and O–H groups in total. The number of nitrogens with zero attached hydrogens (tertiary/aromatic N) is 1. The minimum absolute atomic E-state index is 0.0342. The highest BCUT2D eigenvalue weighted by Gasteiger charge is 2.13. The van der Waals surface area contributed by atoms with Crippen LogP contribution in [0.3, 0.4) is 0 Å². The fourth-order valence-electron chi connectivity index (χ4n) is 2.00.